The average Bonchev–Trinajstić information content (AvgIpc) is 2.83. The number of anilines is 4. The maximum Gasteiger partial charge on any atom is 0.326 e. The van der Waals surface area contributed by atoms with Gasteiger partial charge in [-0.05, 0) is 58.4 Å². The van der Waals surface area contributed by atoms with E-state index in [2.05, 4.69) is 80.2 Å². The first-order valence-electron chi connectivity index (χ1n) is 13.3. The highest BCUT2D eigenvalue weighted by Gasteiger charge is 2.33. The molecule has 2 unspecified atom stereocenters. The summed E-state index contributed by atoms with van der Waals surface area (Å²) in [5.41, 5.74) is 18.3. The standard InChI is InChI=1S/C29H44N6O2/c1-28(2,3)21-15-19(30)7-9-24(21)34-13-11-32-23(17-34)27(36)37-26-18-35(14-12-33-26)25-10-8-20(31)16-22(25)29(4,5)6/h7-10,15-16,23,26,32-33H,11-14,17-18,30-31H2,1-6H3. The summed E-state index contributed by atoms with van der Waals surface area (Å²) in [6.45, 7) is 17.4. The second-order valence-electron chi connectivity index (χ2n) is 12.3. The molecule has 2 aliphatic heterocycles. The number of carbonyl (C=O) groups is 1. The molecular weight excluding hydrogens is 464 g/mol. The van der Waals surface area contributed by atoms with Gasteiger partial charge in [-0.3, -0.25) is 10.1 Å². The largest absolute Gasteiger partial charge is 0.443 e. The Morgan fingerprint density at radius 2 is 1.30 bits per heavy atom. The summed E-state index contributed by atoms with van der Waals surface area (Å²) in [7, 11) is 0. The Hall–Kier alpha value is -2.97. The van der Waals surface area contributed by atoms with Crippen LogP contribution in [0.15, 0.2) is 36.4 Å². The van der Waals surface area contributed by atoms with Gasteiger partial charge in [-0.25, -0.2) is 0 Å². The summed E-state index contributed by atoms with van der Waals surface area (Å²) in [5.74, 6) is -0.231. The fraction of sp³-hybridized carbons (Fsp3) is 0.552. The normalized spacial score (nSPS) is 21.1. The summed E-state index contributed by atoms with van der Waals surface area (Å²) in [6.07, 6.45) is -0.384. The van der Waals surface area contributed by atoms with E-state index < -0.39 is 6.04 Å². The van der Waals surface area contributed by atoms with Gasteiger partial charge in [-0.2, -0.15) is 0 Å². The van der Waals surface area contributed by atoms with Gasteiger partial charge in [0, 0.05) is 55.5 Å². The number of rotatable bonds is 4. The van der Waals surface area contributed by atoms with Crippen LogP contribution in [-0.4, -0.2) is 57.5 Å². The highest BCUT2D eigenvalue weighted by atomic mass is 16.6. The van der Waals surface area contributed by atoms with Crippen LogP contribution < -0.4 is 31.9 Å². The van der Waals surface area contributed by atoms with Crippen molar-refractivity contribution in [1.82, 2.24) is 10.6 Å². The minimum Gasteiger partial charge on any atom is -0.443 e. The number of nitrogens with zero attached hydrogens (tertiary/aromatic N) is 2. The van der Waals surface area contributed by atoms with Crippen LogP contribution in [0.25, 0.3) is 0 Å². The van der Waals surface area contributed by atoms with E-state index in [9.17, 15) is 4.79 Å². The summed E-state index contributed by atoms with van der Waals surface area (Å²) < 4.78 is 6.01. The number of esters is 1. The van der Waals surface area contributed by atoms with E-state index in [0.29, 0.717) is 19.6 Å². The molecule has 2 saturated heterocycles. The van der Waals surface area contributed by atoms with Crippen LogP contribution >= 0.6 is 0 Å². The first kappa shape index (κ1) is 27.1. The lowest BCUT2D eigenvalue weighted by atomic mass is 9.85. The molecule has 0 spiro atoms. The molecule has 2 aliphatic rings. The molecule has 0 aromatic heterocycles. The second kappa shape index (κ2) is 10.4. The maximum absolute atomic E-state index is 13.3. The zero-order valence-electron chi connectivity index (χ0n) is 23.2. The third kappa shape index (κ3) is 6.30. The van der Waals surface area contributed by atoms with Crippen LogP contribution in [0, 0.1) is 0 Å². The number of nitrogens with two attached hydrogens (primary N) is 2. The molecule has 8 heteroatoms. The third-order valence-corrected chi connectivity index (χ3v) is 7.20. The predicted octanol–water partition coefficient (Wildman–Crippen LogP) is 3.20. The van der Waals surface area contributed by atoms with Gasteiger partial charge in [0.05, 0.1) is 6.54 Å². The molecular formula is C29H44N6O2. The minimum absolute atomic E-state index is 0.0503. The van der Waals surface area contributed by atoms with Gasteiger partial charge < -0.3 is 31.3 Å². The summed E-state index contributed by atoms with van der Waals surface area (Å²) in [4.78, 5) is 17.8. The lowest BCUT2D eigenvalue weighted by Gasteiger charge is -2.39. The molecule has 0 radical (unpaired) electrons. The molecule has 2 aromatic rings. The predicted molar refractivity (Wildman–Crippen MR) is 153 cm³/mol. The Kier molecular flexibility index (Phi) is 7.62. The van der Waals surface area contributed by atoms with Crippen molar-refractivity contribution in [3.05, 3.63) is 47.5 Å². The number of ether oxygens (including phenoxy) is 1. The van der Waals surface area contributed by atoms with Crippen molar-refractivity contribution < 1.29 is 9.53 Å². The van der Waals surface area contributed by atoms with Crippen molar-refractivity contribution in [2.45, 2.75) is 64.6 Å². The zero-order valence-corrected chi connectivity index (χ0v) is 23.2. The molecule has 0 saturated carbocycles. The van der Waals surface area contributed by atoms with Gasteiger partial charge in [0.1, 0.15) is 6.04 Å². The van der Waals surface area contributed by atoms with Crippen LogP contribution in [0.4, 0.5) is 22.7 Å². The van der Waals surface area contributed by atoms with Crippen LogP contribution in [0.5, 0.6) is 0 Å². The topological polar surface area (TPSA) is 109 Å². The highest BCUT2D eigenvalue weighted by Crippen LogP contribution is 2.35. The average molecular weight is 509 g/mol. The van der Waals surface area contributed by atoms with E-state index in [4.69, 9.17) is 16.2 Å². The van der Waals surface area contributed by atoms with Crippen molar-refractivity contribution in [1.29, 1.82) is 0 Å². The van der Waals surface area contributed by atoms with E-state index in [1.807, 2.05) is 18.2 Å². The van der Waals surface area contributed by atoms with Crippen molar-refractivity contribution in [2.24, 2.45) is 0 Å². The molecule has 0 bridgehead atoms. The number of hydrogen-bond acceptors (Lipinski definition) is 8. The molecule has 2 fully saturated rings. The number of nitrogen functional groups attached to an aromatic ring is 2. The lowest BCUT2D eigenvalue weighted by molar-refractivity contribution is -0.153. The molecule has 2 heterocycles. The monoisotopic (exact) mass is 508 g/mol. The third-order valence-electron chi connectivity index (χ3n) is 7.20. The second-order valence-corrected chi connectivity index (χ2v) is 12.3. The quantitative estimate of drug-likeness (QED) is 0.368. The van der Waals surface area contributed by atoms with Crippen LogP contribution in [0.3, 0.4) is 0 Å². The van der Waals surface area contributed by atoms with Gasteiger partial charge >= 0.3 is 5.97 Å². The van der Waals surface area contributed by atoms with Crippen molar-refractivity contribution in [3.63, 3.8) is 0 Å². The number of nitrogens with one attached hydrogen (secondary N) is 2. The lowest BCUT2D eigenvalue weighted by Crippen LogP contribution is -2.58. The van der Waals surface area contributed by atoms with Gasteiger partial charge in [-0.1, -0.05) is 41.5 Å². The molecule has 4 rings (SSSR count). The Balaban J connectivity index is 1.45. The summed E-state index contributed by atoms with van der Waals surface area (Å²) in [5, 5.41) is 6.73. The van der Waals surface area contributed by atoms with Crippen molar-refractivity contribution >= 4 is 28.7 Å². The van der Waals surface area contributed by atoms with E-state index in [-0.39, 0.29) is 23.0 Å². The molecule has 0 amide bonds. The van der Waals surface area contributed by atoms with Gasteiger partial charge in [0.15, 0.2) is 6.23 Å². The highest BCUT2D eigenvalue weighted by molar-refractivity contribution is 5.78. The molecule has 6 N–H and O–H groups in total. The van der Waals surface area contributed by atoms with Crippen molar-refractivity contribution in [2.75, 3.05) is 60.5 Å². The molecule has 37 heavy (non-hydrogen) atoms. The number of piperazine rings is 2. The van der Waals surface area contributed by atoms with Crippen LogP contribution in [0.2, 0.25) is 0 Å². The van der Waals surface area contributed by atoms with E-state index in [1.54, 1.807) is 0 Å². The Bertz CT molecular complexity index is 1120. The molecule has 8 nitrogen and oxygen atoms in total. The van der Waals surface area contributed by atoms with Gasteiger partial charge in [0.25, 0.3) is 0 Å². The Morgan fingerprint density at radius 3 is 1.81 bits per heavy atom. The number of benzene rings is 2. The van der Waals surface area contributed by atoms with Crippen LogP contribution in [0.1, 0.15) is 52.7 Å². The van der Waals surface area contributed by atoms with Gasteiger partial charge in [0.2, 0.25) is 0 Å². The fourth-order valence-corrected chi connectivity index (χ4v) is 5.22. The van der Waals surface area contributed by atoms with Crippen molar-refractivity contribution in [3.8, 4) is 0 Å². The van der Waals surface area contributed by atoms with Gasteiger partial charge in [-0.15, -0.1) is 0 Å². The SMILES string of the molecule is CC(C)(C)c1cc(N)ccc1N1CCNC(OC(=O)C2CN(c3ccc(N)cc3C(C)(C)C)CCN2)C1. The first-order valence-corrected chi connectivity index (χ1v) is 13.3. The molecule has 2 atom stereocenters. The zero-order chi connectivity index (χ0) is 27.0. The molecule has 202 valence electrons. The minimum atomic E-state index is -0.405. The number of carbonyl (C=O) groups excluding carboxylic acids is 1. The summed E-state index contributed by atoms with van der Waals surface area (Å²) >= 11 is 0. The Labute approximate surface area is 221 Å². The molecule has 0 aliphatic carbocycles. The molecule has 2 aromatic carbocycles. The Morgan fingerprint density at radius 1 is 0.811 bits per heavy atom. The van der Waals surface area contributed by atoms with E-state index >= 15 is 0 Å². The van der Waals surface area contributed by atoms with Crippen LogP contribution in [-0.2, 0) is 20.4 Å². The van der Waals surface area contributed by atoms with E-state index in [1.165, 1.54) is 11.1 Å². The smallest absolute Gasteiger partial charge is 0.326 e. The summed E-state index contributed by atoms with van der Waals surface area (Å²) in [6, 6.07) is 11.7. The maximum atomic E-state index is 13.3. The van der Waals surface area contributed by atoms with E-state index in [0.717, 1.165) is 42.4 Å². The number of hydrogen-bond donors (Lipinski definition) is 4. The first-order chi connectivity index (χ1) is 17.3. The fourth-order valence-electron chi connectivity index (χ4n) is 5.22.